The number of imidazole rings is 1. The number of para-hydroxylation sites is 1. The number of aromatic amines is 1. The van der Waals surface area contributed by atoms with E-state index in [2.05, 4.69) is 27.8 Å². The maximum Gasteiger partial charge on any atom is 0.326 e. The molecule has 1 aromatic carbocycles. The molecule has 3 nitrogen and oxygen atoms in total. The Balaban J connectivity index is 2.77. The average molecular weight is 255 g/mol. The Bertz CT molecular complexity index is 512. The van der Waals surface area contributed by atoms with Crippen LogP contribution in [0.25, 0.3) is 11.0 Å². The highest BCUT2D eigenvalue weighted by atomic mass is 79.9. The Morgan fingerprint density at radius 1 is 1.50 bits per heavy atom. The van der Waals surface area contributed by atoms with Crippen molar-refractivity contribution in [1.29, 1.82) is 0 Å². The number of hydrogen-bond donors (Lipinski definition) is 1. The number of benzene rings is 1. The summed E-state index contributed by atoms with van der Waals surface area (Å²) in [6.07, 6.45) is 0.958. The number of hydrogen-bond acceptors (Lipinski definition) is 1. The standard InChI is InChI=1S/C10H11BrN2O/c1-2-6-13-8-5-3-4-7(11)9(8)12-10(13)14/h3-5H,2,6H2,1H3,(H,12,14). The lowest BCUT2D eigenvalue weighted by molar-refractivity contribution is 0.674. The van der Waals surface area contributed by atoms with Crippen LogP contribution in [0.3, 0.4) is 0 Å². The number of halogens is 1. The fourth-order valence-corrected chi connectivity index (χ4v) is 2.05. The van der Waals surface area contributed by atoms with E-state index in [0.717, 1.165) is 28.5 Å². The van der Waals surface area contributed by atoms with E-state index in [-0.39, 0.29) is 5.69 Å². The largest absolute Gasteiger partial charge is 0.326 e. The first-order valence-electron chi connectivity index (χ1n) is 4.61. The number of nitrogens with zero attached hydrogens (tertiary/aromatic N) is 1. The second-order valence-electron chi connectivity index (χ2n) is 3.22. The van der Waals surface area contributed by atoms with Crippen LogP contribution in [-0.4, -0.2) is 9.55 Å². The Kier molecular flexibility index (Phi) is 2.46. The van der Waals surface area contributed by atoms with E-state index in [1.54, 1.807) is 4.57 Å². The van der Waals surface area contributed by atoms with Gasteiger partial charge in [0.25, 0.3) is 0 Å². The molecule has 1 aromatic heterocycles. The van der Waals surface area contributed by atoms with Gasteiger partial charge in [-0.3, -0.25) is 4.57 Å². The van der Waals surface area contributed by atoms with E-state index in [1.165, 1.54) is 0 Å². The van der Waals surface area contributed by atoms with Crippen LogP contribution in [-0.2, 0) is 6.54 Å². The molecule has 0 aliphatic rings. The lowest BCUT2D eigenvalue weighted by atomic mass is 10.3. The predicted octanol–water partition coefficient (Wildman–Crippen LogP) is 2.50. The summed E-state index contributed by atoms with van der Waals surface area (Å²) in [5, 5.41) is 0. The van der Waals surface area contributed by atoms with Crippen LogP contribution < -0.4 is 5.69 Å². The van der Waals surface area contributed by atoms with E-state index in [1.807, 2.05) is 18.2 Å². The molecule has 1 heterocycles. The highest BCUT2D eigenvalue weighted by Crippen LogP contribution is 2.20. The third kappa shape index (κ3) is 1.39. The van der Waals surface area contributed by atoms with Crippen LogP contribution in [0, 0.1) is 0 Å². The van der Waals surface area contributed by atoms with Crippen LogP contribution in [0.5, 0.6) is 0 Å². The fraction of sp³-hybridized carbons (Fsp3) is 0.300. The molecule has 0 radical (unpaired) electrons. The van der Waals surface area contributed by atoms with Crippen molar-refractivity contribution in [2.75, 3.05) is 0 Å². The molecule has 0 atom stereocenters. The molecule has 0 fully saturated rings. The van der Waals surface area contributed by atoms with E-state index >= 15 is 0 Å². The monoisotopic (exact) mass is 254 g/mol. The summed E-state index contributed by atoms with van der Waals surface area (Å²) in [6.45, 7) is 2.82. The molecular formula is C10H11BrN2O. The maximum atomic E-state index is 11.6. The third-order valence-electron chi connectivity index (χ3n) is 2.21. The molecule has 2 rings (SSSR count). The molecule has 0 saturated heterocycles. The molecule has 0 bridgehead atoms. The van der Waals surface area contributed by atoms with Gasteiger partial charge in [0.2, 0.25) is 0 Å². The van der Waals surface area contributed by atoms with Gasteiger partial charge in [0.15, 0.2) is 0 Å². The third-order valence-corrected chi connectivity index (χ3v) is 2.87. The Labute approximate surface area is 89.9 Å². The first kappa shape index (κ1) is 9.52. The van der Waals surface area contributed by atoms with Crippen LogP contribution in [0.15, 0.2) is 27.5 Å². The van der Waals surface area contributed by atoms with Gasteiger partial charge in [-0.15, -0.1) is 0 Å². The number of fused-ring (bicyclic) bond motifs is 1. The van der Waals surface area contributed by atoms with Gasteiger partial charge in [-0.25, -0.2) is 4.79 Å². The van der Waals surface area contributed by atoms with E-state index < -0.39 is 0 Å². The highest BCUT2D eigenvalue weighted by Gasteiger charge is 2.06. The first-order valence-corrected chi connectivity index (χ1v) is 5.40. The molecular weight excluding hydrogens is 244 g/mol. The summed E-state index contributed by atoms with van der Waals surface area (Å²) < 4.78 is 2.70. The van der Waals surface area contributed by atoms with E-state index in [9.17, 15) is 4.79 Å². The van der Waals surface area contributed by atoms with Gasteiger partial charge >= 0.3 is 5.69 Å². The number of nitrogens with one attached hydrogen (secondary N) is 1. The van der Waals surface area contributed by atoms with Crippen LogP contribution >= 0.6 is 15.9 Å². The van der Waals surface area contributed by atoms with Crippen molar-refractivity contribution in [2.45, 2.75) is 19.9 Å². The summed E-state index contributed by atoms with van der Waals surface area (Å²) in [4.78, 5) is 14.4. The minimum atomic E-state index is -0.0336. The van der Waals surface area contributed by atoms with Crippen molar-refractivity contribution in [3.05, 3.63) is 33.2 Å². The van der Waals surface area contributed by atoms with Gasteiger partial charge in [-0.1, -0.05) is 13.0 Å². The first-order chi connectivity index (χ1) is 6.74. The van der Waals surface area contributed by atoms with Gasteiger partial charge in [0.05, 0.1) is 11.0 Å². The Morgan fingerprint density at radius 2 is 2.29 bits per heavy atom. The van der Waals surface area contributed by atoms with Crippen molar-refractivity contribution in [3.63, 3.8) is 0 Å². The molecule has 1 N–H and O–H groups in total. The zero-order valence-corrected chi connectivity index (χ0v) is 9.47. The molecule has 0 aliphatic heterocycles. The molecule has 74 valence electrons. The maximum absolute atomic E-state index is 11.6. The predicted molar refractivity (Wildman–Crippen MR) is 60.5 cm³/mol. The minimum Gasteiger partial charge on any atom is -0.305 e. The zero-order chi connectivity index (χ0) is 10.1. The van der Waals surface area contributed by atoms with Crippen molar-refractivity contribution >= 4 is 27.0 Å². The summed E-state index contributed by atoms with van der Waals surface area (Å²) in [7, 11) is 0. The van der Waals surface area contributed by atoms with Gasteiger partial charge in [-0.2, -0.15) is 0 Å². The smallest absolute Gasteiger partial charge is 0.305 e. The van der Waals surface area contributed by atoms with E-state index in [4.69, 9.17) is 0 Å². The fourth-order valence-electron chi connectivity index (χ4n) is 1.59. The Morgan fingerprint density at radius 3 is 3.00 bits per heavy atom. The normalized spacial score (nSPS) is 11.0. The SMILES string of the molecule is CCCn1c(=O)[nH]c2c(Br)cccc21. The van der Waals surface area contributed by atoms with Gasteiger partial charge in [0, 0.05) is 11.0 Å². The highest BCUT2D eigenvalue weighted by molar-refractivity contribution is 9.10. The second kappa shape index (κ2) is 3.61. The van der Waals surface area contributed by atoms with Crippen LogP contribution in [0.2, 0.25) is 0 Å². The summed E-state index contributed by atoms with van der Waals surface area (Å²) in [6, 6.07) is 5.81. The van der Waals surface area contributed by atoms with Crippen molar-refractivity contribution in [3.8, 4) is 0 Å². The van der Waals surface area contributed by atoms with Crippen molar-refractivity contribution in [1.82, 2.24) is 9.55 Å². The number of aromatic nitrogens is 2. The quantitative estimate of drug-likeness (QED) is 0.879. The summed E-state index contributed by atoms with van der Waals surface area (Å²) in [5.41, 5.74) is 1.81. The zero-order valence-electron chi connectivity index (χ0n) is 7.88. The topological polar surface area (TPSA) is 37.8 Å². The Hall–Kier alpha value is -1.03. The summed E-state index contributed by atoms with van der Waals surface area (Å²) in [5.74, 6) is 0. The molecule has 0 amide bonds. The molecule has 0 saturated carbocycles. The van der Waals surface area contributed by atoms with Gasteiger partial charge < -0.3 is 4.98 Å². The van der Waals surface area contributed by atoms with Crippen molar-refractivity contribution in [2.24, 2.45) is 0 Å². The number of aryl methyl sites for hydroxylation is 1. The lowest BCUT2D eigenvalue weighted by Crippen LogP contribution is -2.16. The molecule has 0 unspecified atom stereocenters. The minimum absolute atomic E-state index is 0.0336. The van der Waals surface area contributed by atoms with Gasteiger partial charge in [-0.05, 0) is 34.5 Å². The van der Waals surface area contributed by atoms with Crippen LogP contribution in [0.4, 0.5) is 0 Å². The van der Waals surface area contributed by atoms with Crippen LogP contribution in [0.1, 0.15) is 13.3 Å². The second-order valence-corrected chi connectivity index (χ2v) is 4.07. The number of rotatable bonds is 2. The van der Waals surface area contributed by atoms with E-state index in [0.29, 0.717) is 0 Å². The van der Waals surface area contributed by atoms with Crippen molar-refractivity contribution < 1.29 is 0 Å². The lowest BCUT2D eigenvalue weighted by Gasteiger charge is -1.99. The molecule has 4 heteroatoms. The molecule has 0 spiro atoms. The molecule has 0 aliphatic carbocycles. The molecule has 14 heavy (non-hydrogen) atoms. The van der Waals surface area contributed by atoms with Gasteiger partial charge in [0.1, 0.15) is 0 Å². The molecule has 2 aromatic rings. The summed E-state index contributed by atoms with van der Waals surface area (Å²) >= 11 is 3.41. The average Bonchev–Trinajstić information content (AvgIpc) is 2.47. The number of H-pyrrole nitrogens is 1.